The van der Waals surface area contributed by atoms with Crippen LogP contribution in [0.2, 0.25) is 0 Å². The van der Waals surface area contributed by atoms with Crippen LogP contribution in [0.1, 0.15) is 68.7 Å². The average Bonchev–Trinajstić information content (AvgIpc) is 3.59. The smallest absolute Gasteiger partial charge is 0.242 e. The molecule has 0 unspecified atom stereocenters. The molecule has 3 rings (SSSR count). The van der Waals surface area contributed by atoms with E-state index in [9.17, 15) is 9.59 Å². The minimum Gasteiger partial charge on any atom is -0.493 e. The van der Waals surface area contributed by atoms with Gasteiger partial charge in [-0.15, -0.1) is 11.3 Å². The number of hydrogen-bond acceptors (Lipinski definition) is 5. The molecule has 192 valence electrons. The molecule has 0 saturated heterocycles. The Kier molecular flexibility index (Phi) is 10.9. The number of methoxy groups -OCH3 is 2. The molecule has 35 heavy (non-hydrogen) atoms. The number of thiophene rings is 1. The number of nitrogens with zero attached hydrogens (tertiary/aromatic N) is 2. The summed E-state index contributed by atoms with van der Waals surface area (Å²) in [6.07, 6.45) is 8.84. The highest BCUT2D eigenvalue weighted by Gasteiger charge is 2.34. The van der Waals surface area contributed by atoms with Crippen molar-refractivity contribution >= 4 is 23.2 Å². The Morgan fingerprint density at radius 2 is 1.77 bits per heavy atom. The highest BCUT2D eigenvalue weighted by atomic mass is 32.1. The molecule has 1 saturated carbocycles. The van der Waals surface area contributed by atoms with Crippen molar-refractivity contribution in [3.8, 4) is 11.5 Å². The number of hydrogen-bond donors (Lipinski definition) is 0. The number of unbranched alkanes of at least 4 members (excludes halogenated alkanes) is 4. The van der Waals surface area contributed by atoms with Gasteiger partial charge in [0.2, 0.25) is 11.8 Å². The second kappa shape index (κ2) is 14.1. The summed E-state index contributed by atoms with van der Waals surface area (Å²) in [6, 6.07) is 10.2. The Balaban J connectivity index is 1.63. The lowest BCUT2D eigenvalue weighted by molar-refractivity contribution is -0.141. The summed E-state index contributed by atoms with van der Waals surface area (Å²) in [4.78, 5) is 31.3. The van der Waals surface area contributed by atoms with E-state index in [1.807, 2.05) is 39.4 Å². The largest absolute Gasteiger partial charge is 0.493 e. The van der Waals surface area contributed by atoms with Crippen LogP contribution in [0.4, 0.5) is 0 Å². The van der Waals surface area contributed by atoms with Gasteiger partial charge >= 0.3 is 0 Å². The Hall–Kier alpha value is -2.54. The lowest BCUT2D eigenvalue weighted by Crippen LogP contribution is -2.44. The van der Waals surface area contributed by atoms with Gasteiger partial charge in [-0.3, -0.25) is 9.59 Å². The van der Waals surface area contributed by atoms with Crippen LogP contribution in [0.3, 0.4) is 0 Å². The van der Waals surface area contributed by atoms with E-state index in [0.717, 1.165) is 36.1 Å². The molecule has 1 fully saturated rings. The Bertz CT molecular complexity index is 927. The number of ether oxygens (including phenoxy) is 2. The fraction of sp³-hybridized carbons (Fsp3) is 0.571. The van der Waals surface area contributed by atoms with Crippen LogP contribution in [0.25, 0.3) is 0 Å². The van der Waals surface area contributed by atoms with Gasteiger partial charge in [-0.1, -0.05) is 44.7 Å². The molecular weight excluding hydrogens is 460 g/mol. The standard InChI is InChI=1S/C28H40N2O4S/c1-4-5-6-7-8-11-27(31)30(23-13-14-23)21-28(32)29(20-24-10-9-18-35-24)17-16-22-12-15-25(33-2)26(19-22)34-3/h9-10,12,15,18-19,23H,4-8,11,13-14,16-17,20-21H2,1-3H3. The molecule has 2 amide bonds. The van der Waals surface area contributed by atoms with Gasteiger partial charge in [-0.25, -0.2) is 0 Å². The van der Waals surface area contributed by atoms with Crippen molar-refractivity contribution < 1.29 is 19.1 Å². The van der Waals surface area contributed by atoms with Crippen LogP contribution in [0.5, 0.6) is 11.5 Å². The maximum Gasteiger partial charge on any atom is 0.242 e. The normalized spacial score (nSPS) is 12.9. The van der Waals surface area contributed by atoms with Gasteiger partial charge in [-0.05, 0) is 54.8 Å². The SMILES string of the molecule is CCCCCCCC(=O)N(CC(=O)N(CCc1ccc(OC)c(OC)c1)Cc1cccs1)C1CC1. The van der Waals surface area contributed by atoms with Crippen molar-refractivity contribution in [1.82, 2.24) is 9.80 Å². The number of carbonyl (C=O) groups excluding carboxylic acids is 2. The third-order valence-electron chi connectivity index (χ3n) is 6.51. The summed E-state index contributed by atoms with van der Waals surface area (Å²) < 4.78 is 10.8. The Labute approximate surface area is 214 Å². The van der Waals surface area contributed by atoms with Crippen LogP contribution >= 0.6 is 11.3 Å². The number of carbonyl (C=O) groups is 2. The molecule has 7 heteroatoms. The van der Waals surface area contributed by atoms with E-state index in [1.165, 1.54) is 19.3 Å². The lowest BCUT2D eigenvalue weighted by Gasteiger charge is -2.28. The monoisotopic (exact) mass is 500 g/mol. The first-order valence-corrected chi connectivity index (χ1v) is 13.7. The molecule has 1 aromatic heterocycles. The van der Waals surface area contributed by atoms with Crippen LogP contribution < -0.4 is 9.47 Å². The second-order valence-corrected chi connectivity index (χ2v) is 10.3. The predicted octanol–water partition coefficient (Wildman–Crippen LogP) is 5.69. The molecule has 1 heterocycles. The zero-order valence-electron chi connectivity index (χ0n) is 21.5. The number of rotatable bonds is 16. The highest BCUT2D eigenvalue weighted by molar-refractivity contribution is 7.09. The first kappa shape index (κ1) is 27.1. The van der Waals surface area contributed by atoms with E-state index < -0.39 is 0 Å². The molecule has 1 aliphatic rings. The van der Waals surface area contributed by atoms with Crippen LogP contribution in [0, 0.1) is 0 Å². The van der Waals surface area contributed by atoms with Crippen LogP contribution in [0.15, 0.2) is 35.7 Å². The zero-order valence-corrected chi connectivity index (χ0v) is 22.3. The third-order valence-corrected chi connectivity index (χ3v) is 7.37. The minimum atomic E-state index is 0.0186. The minimum absolute atomic E-state index is 0.0186. The summed E-state index contributed by atoms with van der Waals surface area (Å²) >= 11 is 1.65. The maximum atomic E-state index is 13.5. The van der Waals surface area contributed by atoms with Crippen molar-refractivity contribution in [2.75, 3.05) is 27.3 Å². The first-order chi connectivity index (χ1) is 17.0. The average molecular weight is 501 g/mol. The van der Waals surface area contributed by atoms with E-state index in [0.29, 0.717) is 37.4 Å². The Morgan fingerprint density at radius 1 is 1.00 bits per heavy atom. The summed E-state index contributed by atoms with van der Waals surface area (Å²) in [5.41, 5.74) is 1.08. The highest BCUT2D eigenvalue weighted by Crippen LogP contribution is 2.29. The fourth-order valence-electron chi connectivity index (χ4n) is 4.26. The number of amides is 2. The Morgan fingerprint density at radius 3 is 2.43 bits per heavy atom. The van der Waals surface area contributed by atoms with Crippen molar-refractivity contribution in [3.63, 3.8) is 0 Å². The molecule has 1 aliphatic carbocycles. The molecule has 0 aliphatic heterocycles. The first-order valence-electron chi connectivity index (χ1n) is 12.9. The molecule has 6 nitrogen and oxygen atoms in total. The van der Waals surface area contributed by atoms with Gasteiger partial charge in [0.15, 0.2) is 11.5 Å². The fourth-order valence-corrected chi connectivity index (χ4v) is 4.98. The van der Waals surface area contributed by atoms with Gasteiger partial charge in [0.05, 0.1) is 20.8 Å². The topological polar surface area (TPSA) is 59.1 Å². The van der Waals surface area contributed by atoms with Gasteiger partial charge in [0.1, 0.15) is 6.54 Å². The molecule has 0 N–H and O–H groups in total. The van der Waals surface area contributed by atoms with Gasteiger partial charge in [0, 0.05) is 23.9 Å². The van der Waals surface area contributed by atoms with Crippen molar-refractivity contribution in [2.45, 2.75) is 77.3 Å². The van der Waals surface area contributed by atoms with Gasteiger partial charge in [-0.2, -0.15) is 0 Å². The third kappa shape index (κ3) is 8.57. The molecule has 0 radical (unpaired) electrons. The molecule has 0 atom stereocenters. The summed E-state index contributed by atoms with van der Waals surface area (Å²) in [7, 11) is 3.25. The molecule has 1 aromatic carbocycles. The molecule has 0 bridgehead atoms. The van der Waals surface area contributed by atoms with Crippen molar-refractivity contribution in [3.05, 3.63) is 46.2 Å². The van der Waals surface area contributed by atoms with Gasteiger partial charge in [0.25, 0.3) is 0 Å². The maximum absolute atomic E-state index is 13.5. The van der Waals surface area contributed by atoms with E-state index in [-0.39, 0.29) is 24.4 Å². The van der Waals surface area contributed by atoms with Crippen LogP contribution in [-0.4, -0.2) is 55.0 Å². The van der Waals surface area contributed by atoms with Gasteiger partial charge < -0.3 is 19.3 Å². The molecule has 0 spiro atoms. The summed E-state index contributed by atoms with van der Waals surface area (Å²) in [6.45, 7) is 3.51. The van der Waals surface area contributed by atoms with E-state index in [2.05, 4.69) is 13.0 Å². The lowest BCUT2D eigenvalue weighted by atomic mass is 10.1. The van der Waals surface area contributed by atoms with Crippen LogP contribution in [-0.2, 0) is 22.6 Å². The summed E-state index contributed by atoms with van der Waals surface area (Å²) in [5, 5.41) is 2.03. The van der Waals surface area contributed by atoms with Crippen molar-refractivity contribution in [2.24, 2.45) is 0 Å². The van der Waals surface area contributed by atoms with E-state index in [1.54, 1.807) is 25.6 Å². The number of benzene rings is 1. The van der Waals surface area contributed by atoms with Crippen molar-refractivity contribution in [1.29, 1.82) is 0 Å². The predicted molar refractivity (Wildman–Crippen MR) is 141 cm³/mol. The molecule has 2 aromatic rings. The van der Waals surface area contributed by atoms with E-state index in [4.69, 9.17) is 9.47 Å². The quantitative estimate of drug-likeness (QED) is 0.278. The second-order valence-electron chi connectivity index (χ2n) is 9.25. The molecular formula is C28H40N2O4S. The van der Waals surface area contributed by atoms with E-state index >= 15 is 0 Å². The summed E-state index contributed by atoms with van der Waals surface area (Å²) in [5.74, 6) is 1.53. The zero-order chi connectivity index (χ0) is 25.0.